The lowest BCUT2D eigenvalue weighted by Gasteiger charge is -2.18. The van der Waals surface area contributed by atoms with Crippen LogP contribution in [-0.2, 0) is 28.2 Å². The summed E-state index contributed by atoms with van der Waals surface area (Å²) in [6.45, 7) is 3.23. The first-order chi connectivity index (χ1) is 27.1. The van der Waals surface area contributed by atoms with Crippen LogP contribution in [0.4, 0.5) is 0 Å². The fraction of sp³-hybridized carbons (Fsp3) is 0.511. The van der Waals surface area contributed by atoms with Crippen LogP contribution >= 0.6 is 7.82 Å². The molecule has 0 amide bonds. The summed E-state index contributed by atoms with van der Waals surface area (Å²) in [6, 6.07) is 0. The number of allylic oxidation sites excluding steroid dienone is 16. The number of phosphoric acid groups is 1. The van der Waals surface area contributed by atoms with Gasteiger partial charge in [-0.25, -0.2) is 4.57 Å². The highest BCUT2D eigenvalue weighted by molar-refractivity contribution is 7.46. The maximum Gasteiger partial charge on any atom is 0.469 e. The Bertz CT molecular complexity index is 1350. The maximum absolute atomic E-state index is 12.4. The van der Waals surface area contributed by atoms with Crippen molar-refractivity contribution < 1.29 is 48.2 Å². The van der Waals surface area contributed by atoms with Crippen molar-refractivity contribution in [2.24, 2.45) is 0 Å². The predicted molar refractivity (Wildman–Crippen MR) is 227 cm³/mol. The van der Waals surface area contributed by atoms with E-state index in [9.17, 15) is 24.4 Å². The molecular formula is C45H69O10P. The quantitative estimate of drug-likeness (QED) is 0.0162. The highest BCUT2D eigenvalue weighted by Crippen LogP contribution is 2.35. The van der Waals surface area contributed by atoms with Crippen molar-refractivity contribution in [3.8, 4) is 0 Å². The number of unbranched alkanes of at least 4 members (excludes halogenated alkanes) is 5. The third kappa shape index (κ3) is 40.0. The Morgan fingerprint density at radius 2 is 1.14 bits per heavy atom. The molecule has 0 aliphatic rings. The number of aliphatic hydroxyl groups excluding tert-OH is 2. The molecule has 0 spiro atoms. The van der Waals surface area contributed by atoms with Crippen molar-refractivity contribution in [2.45, 2.75) is 135 Å². The molecule has 0 aromatic rings. The zero-order valence-corrected chi connectivity index (χ0v) is 34.6. The number of phosphoric ester groups is 1. The minimum absolute atomic E-state index is 0.0612. The lowest BCUT2D eigenvalue weighted by Crippen LogP contribution is -2.29. The van der Waals surface area contributed by atoms with E-state index in [0.29, 0.717) is 38.5 Å². The van der Waals surface area contributed by atoms with Crippen LogP contribution in [0.1, 0.15) is 117 Å². The normalized spacial score (nSPS) is 14.9. The Labute approximate surface area is 336 Å². The van der Waals surface area contributed by atoms with Crippen molar-refractivity contribution in [3.05, 3.63) is 122 Å². The molecule has 0 bridgehead atoms. The molecule has 0 unspecified atom stereocenters. The van der Waals surface area contributed by atoms with Crippen LogP contribution < -0.4 is 0 Å². The summed E-state index contributed by atoms with van der Waals surface area (Å²) in [5.41, 5.74) is 0. The van der Waals surface area contributed by atoms with Gasteiger partial charge in [0.15, 0.2) is 6.10 Å². The van der Waals surface area contributed by atoms with Gasteiger partial charge in [-0.15, -0.1) is 0 Å². The fourth-order valence-corrected chi connectivity index (χ4v) is 4.99. The zero-order valence-electron chi connectivity index (χ0n) is 33.7. The Morgan fingerprint density at radius 1 is 0.589 bits per heavy atom. The van der Waals surface area contributed by atoms with Crippen LogP contribution in [0.25, 0.3) is 0 Å². The van der Waals surface area contributed by atoms with E-state index in [1.54, 1.807) is 30.4 Å². The summed E-state index contributed by atoms with van der Waals surface area (Å²) in [5.74, 6) is -1.15. The second-order valence-electron chi connectivity index (χ2n) is 12.9. The van der Waals surface area contributed by atoms with Gasteiger partial charge in [-0.2, -0.15) is 0 Å². The van der Waals surface area contributed by atoms with Gasteiger partial charge in [0.2, 0.25) is 0 Å². The molecule has 0 aromatic heterocycles. The SMILES string of the molecule is CC/C=C\C[C@@H](O)/C=C/C=C\C/C=C\C=C\[C@@H](O)/C=C\CCCC(=O)OC[C@H](COP(=O)(O)O)OC(=O)CCC/C=C\C/C=C\C/C=C\C/C=C\CCCCC. The summed E-state index contributed by atoms with van der Waals surface area (Å²) < 4.78 is 26.2. The number of carbonyl (C=O) groups excluding carboxylic acids is 2. The Balaban J connectivity index is 4.33. The Kier molecular flexibility index (Phi) is 35.8. The fourth-order valence-electron chi connectivity index (χ4n) is 4.63. The van der Waals surface area contributed by atoms with Crippen molar-refractivity contribution in [2.75, 3.05) is 13.2 Å². The van der Waals surface area contributed by atoms with Gasteiger partial charge in [-0.3, -0.25) is 14.1 Å². The van der Waals surface area contributed by atoms with Crippen molar-refractivity contribution in [1.82, 2.24) is 0 Å². The third-order valence-electron chi connectivity index (χ3n) is 7.64. The minimum atomic E-state index is -4.83. The smallest absolute Gasteiger partial charge is 0.462 e. The Morgan fingerprint density at radius 3 is 1.75 bits per heavy atom. The summed E-state index contributed by atoms with van der Waals surface area (Å²) in [4.78, 5) is 42.8. The molecule has 0 radical (unpaired) electrons. The average molecular weight is 801 g/mol. The van der Waals surface area contributed by atoms with Gasteiger partial charge in [-0.1, -0.05) is 148 Å². The van der Waals surface area contributed by atoms with Gasteiger partial charge < -0.3 is 29.5 Å². The molecule has 0 aromatic carbocycles. The summed E-state index contributed by atoms with van der Waals surface area (Å²) >= 11 is 0. The third-order valence-corrected chi connectivity index (χ3v) is 8.12. The second-order valence-corrected chi connectivity index (χ2v) is 14.2. The van der Waals surface area contributed by atoms with Crippen molar-refractivity contribution in [1.29, 1.82) is 0 Å². The maximum atomic E-state index is 12.4. The first-order valence-corrected chi connectivity index (χ1v) is 21.6. The number of ether oxygens (including phenoxy) is 2. The molecule has 3 atom stereocenters. The van der Waals surface area contributed by atoms with E-state index < -0.39 is 51.3 Å². The number of rotatable bonds is 34. The van der Waals surface area contributed by atoms with E-state index in [1.165, 1.54) is 19.3 Å². The highest BCUT2D eigenvalue weighted by atomic mass is 31.2. The lowest BCUT2D eigenvalue weighted by atomic mass is 10.2. The summed E-state index contributed by atoms with van der Waals surface area (Å²) in [6.07, 6.45) is 48.5. The van der Waals surface area contributed by atoms with Gasteiger partial charge in [0.1, 0.15) is 6.61 Å². The molecule has 0 heterocycles. The van der Waals surface area contributed by atoms with Crippen molar-refractivity contribution >= 4 is 19.8 Å². The predicted octanol–water partition coefficient (Wildman–Crippen LogP) is 10.1. The van der Waals surface area contributed by atoms with E-state index in [2.05, 4.69) is 47.9 Å². The molecule has 4 N–H and O–H groups in total. The van der Waals surface area contributed by atoms with Crippen LogP contribution in [0.2, 0.25) is 0 Å². The average Bonchev–Trinajstić information content (AvgIpc) is 3.16. The second kappa shape index (κ2) is 38.3. The molecule has 0 aliphatic heterocycles. The summed E-state index contributed by atoms with van der Waals surface area (Å²) in [5, 5.41) is 19.9. The molecule has 11 heteroatoms. The van der Waals surface area contributed by atoms with Crippen molar-refractivity contribution in [3.63, 3.8) is 0 Å². The van der Waals surface area contributed by atoms with Gasteiger partial charge in [0, 0.05) is 12.8 Å². The number of hydrogen-bond acceptors (Lipinski definition) is 8. The number of esters is 2. The number of carbonyl (C=O) groups is 2. The molecule has 0 saturated heterocycles. The van der Waals surface area contributed by atoms with Crippen LogP contribution in [0, 0.1) is 0 Å². The molecule has 0 aliphatic carbocycles. The molecule has 56 heavy (non-hydrogen) atoms. The van der Waals surface area contributed by atoms with Crippen LogP contribution in [0.3, 0.4) is 0 Å². The van der Waals surface area contributed by atoms with E-state index in [0.717, 1.165) is 32.1 Å². The standard InChI is InChI=1S/C45H69O10P/c1-3-5-7-8-9-10-11-12-13-14-15-16-17-18-22-25-31-38-45(49)55-43(40-54-56(50,51)52)39-53-44(48)37-32-26-30-36-42(47)35-29-24-21-19-20-23-28-34-41(46)33-27-6-4-2/h6,9-10,12-13,15-16,18,20-24,27-30,34-36,41-43,46-47H,3-5,7-8,11,14,17,19,25-26,31-33,37-40H2,1-2H3,(H2,50,51,52)/b10-9-,13-12-,16-15-,22-18-,23-20-,24-21-,27-6-,34-28+,35-29+,36-30-/t41-,42-,43-/m1/s1. The Hall–Kier alpha value is -3.63. The van der Waals surface area contributed by atoms with E-state index >= 15 is 0 Å². The number of aliphatic hydroxyl groups is 2. The van der Waals surface area contributed by atoms with Gasteiger partial charge in [0.25, 0.3) is 0 Å². The van der Waals surface area contributed by atoms with Crippen LogP contribution in [0.15, 0.2) is 122 Å². The topological polar surface area (TPSA) is 160 Å². The monoisotopic (exact) mass is 800 g/mol. The molecular weight excluding hydrogens is 731 g/mol. The first kappa shape index (κ1) is 52.4. The van der Waals surface area contributed by atoms with Crippen LogP contribution in [0.5, 0.6) is 0 Å². The molecule has 0 saturated carbocycles. The largest absolute Gasteiger partial charge is 0.469 e. The van der Waals surface area contributed by atoms with Gasteiger partial charge in [0.05, 0.1) is 18.8 Å². The molecule has 314 valence electrons. The van der Waals surface area contributed by atoms with Gasteiger partial charge >= 0.3 is 19.8 Å². The highest BCUT2D eigenvalue weighted by Gasteiger charge is 2.22. The zero-order chi connectivity index (χ0) is 41.4. The van der Waals surface area contributed by atoms with E-state index in [1.807, 2.05) is 61.6 Å². The first-order valence-electron chi connectivity index (χ1n) is 20.1. The van der Waals surface area contributed by atoms with E-state index in [-0.39, 0.29) is 12.8 Å². The van der Waals surface area contributed by atoms with E-state index in [4.69, 9.17) is 19.3 Å². The number of hydrogen-bond donors (Lipinski definition) is 4. The molecule has 10 nitrogen and oxygen atoms in total. The summed E-state index contributed by atoms with van der Waals surface area (Å²) in [7, 11) is -4.83. The minimum Gasteiger partial charge on any atom is -0.462 e. The molecule has 0 rings (SSSR count). The van der Waals surface area contributed by atoms with Gasteiger partial charge in [-0.05, 0) is 77.0 Å². The lowest BCUT2D eigenvalue weighted by molar-refractivity contribution is -0.161. The molecule has 0 fully saturated rings. The van der Waals surface area contributed by atoms with Crippen LogP contribution in [-0.4, -0.2) is 63.5 Å².